The highest BCUT2D eigenvalue weighted by Crippen LogP contribution is 2.22. The number of alkyl halides is 2. The Labute approximate surface area is 91.3 Å². The number of aryl methyl sites for hydroxylation is 1. The molecule has 5 heteroatoms. The lowest BCUT2D eigenvalue weighted by atomic mass is 10.0. The number of aliphatic carboxylic acids is 1. The van der Waals surface area contributed by atoms with Crippen LogP contribution in [0, 0.1) is 0 Å². The van der Waals surface area contributed by atoms with Gasteiger partial charge in [0.15, 0.2) is 0 Å². The Kier molecular flexibility index (Phi) is 3.95. The number of carboxylic acids is 1. The van der Waals surface area contributed by atoms with Crippen molar-refractivity contribution in [3.8, 4) is 0 Å². The van der Waals surface area contributed by atoms with E-state index in [1.807, 2.05) is 0 Å². The van der Waals surface area contributed by atoms with Crippen LogP contribution in [0.1, 0.15) is 12.0 Å². The molecule has 0 saturated heterocycles. The minimum Gasteiger partial charge on any atom is -0.477 e. The molecule has 1 aromatic rings. The van der Waals surface area contributed by atoms with Crippen molar-refractivity contribution in [2.75, 3.05) is 0 Å². The summed E-state index contributed by atoms with van der Waals surface area (Å²) in [6.07, 6.45) is -2.24. The number of aliphatic hydroxyl groups excluding tert-OH is 1. The summed E-state index contributed by atoms with van der Waals surface area (Å²) in [6.45, 7) is 0. The van der Waals surface area contributed by atoms with Gasteiger partial charge in [0.1, 0.15) is 6.10 Å². The van der Waals surface area contributed by atoms with Crippen LogP contribution in [0.5, 0.6) is 0 Å². The summed E-state index contributed by atoms with van der Waals surface area (Å²) >= 11 is 0. The quantitative estimate of drug-likeness (QED) is 0.809. The van der Waals surface area contributed by atoms with Crippen LogP contribution >= 0.6 is 0 Å². The molecule has 0 spiro atoms. The van der Waals surface area contributed by atoms with Crippen molar-refractivity contribution < 1.29 is 23.8 Å². The van der Waals surface area contributed by atoms with E-state index in [0.29, 0.717) is 0 Å². The van der Waals surface area contributed by atoms with E-state index in [1.165, 1.54) is 0 Å². The molecule has 0 bridgehead atoms. The zero-order valence-corrected chi connectivity index (χ0v) is 8.44. The fourth-order valence-corrected chi connectivity index (χ4v) is 1.27. The van der Waals surface area contributed by atoms with E-state index >= 15 is 0 Å². The van der Waals surface area contributed by atoms with Crippen molar-refractivity contribution in [1.82, 2.24) is 0 Å². The maximum absolute atomic E-state index is 12.8. The predicted molar refractivity (Wildman–Crippen MR) is 53.4 cm³/mol. The van der Waals surface area contributed by atoms with Gasteiger partial charge in [-0.15, -0.1) is 0 Å². The zero-order valence-electron chi connectivity index (χ0n) is 8.44. The molecule has 1 atom stereocenters. The van der Waals surface area contributed by atoms with Crippen molar-refractivity contribution in [3.05, 3.63) is 35.9 Å². The molecular formula is C11H12F2O3. The molecular weight excluding hydrogens is 218 g/mol. The zero-order chi connectivity index (χ0) is 12.2. The monoisotopic (exact) mass is 230 g/mol. The van der Waals surface area contributed by atoms with Crippen LogP contribution in [-0.4, -0.2) is 28.2 Å². The van der Waals surface area contributed by atoms with Gasteiger partial charge in [-0.25, -0.2) is 4.79 Å². The molecule has 16 heavy (non-hydrogen) atoms. The van der Waals surface area contributed by atoms with E-state index in [2.05, 4.69) is 0 Å². The molecule has 1 aromatic carbocycles. The standard InChI is InChI=1S/C11H12F2O3/c12-11(13,10(15)16)9(14)7-6-8-4-2-1-3-5-8/h1-5,9,14H,6-7H2,(H,15,16)/t9-/m1/s1. The van der Waals surface area contributed by atoms with E-state index in [9.17, 15) is 13.6 Å². The number of halogens is 2. The Morgan fingerprint density at radius 2 is 1.88 bits per heavy atom. The summed E-state index contributed by atoms with van der Waals surface area (Å²) in [7, 11) is 0. The molecule has 1 rings (SSSR count). The molecule has 0 aliphatic carbocycles. The largest absolute Gasteiger partial charge is 0.477 e. The number of carbonyl (C=O) groups is 1. The smallest absolute Gasteiger partial charge is 0.377 e. The Morgan fingerprint density at radius 3 is 2.38 bits per heavy atom. The molecule has 0 saturated carbocycles. The van der Waals surface area contributed by atoms with Crippen molar-refractivity contribution in [2.45, 2.75) is 24.9 Å². The fraction of sp³-hybridized carbons (Fsp3) is 0.364. The van der Waals surface area contributed by atoms with Gasteiger partial charge in [0.2, 0.25) is 0 Å². The van der Waals surface area contributed by atoms with Crippen LogP contribution < -0.4 is 0 Å². The summed E-state index contributed by atoms with van der Waals surface area (Å²) in [6, 6.07) is 8.73. The highest BCUT2D eigenvalue weighted by molar-refractivity contribution is 5.76. The van der Waals surface area contributed by atoms with Crippen LogP contribution in [0.15, 0.2) is 30.3 Å². The summed E-state index contributed by atoms with van der Waals surface area (Å²) in [5.41, 5.74) is 0.780. The second kappa shape index (κ2) is 5.03. The lowest BCUT2D eigenvalue weighted by molar-refractivity contribution is -0.182. The summed E-state index contributed by atoms with van der Waals surface area (Å²) < 4.78 is 25.6. The Balaban J connectivity index is 2.53. The van der Waals surface area contributed by atoms with E-state index in [0.717, 1.165) is 5.56 Å². The lowest BCUT2D eigenvalue weighted by Gasteiger charge is -2.17. The fourth-order valence-electron chi connectivity index (χ4n) is 1.27. The third kappa shape index (κ3) is 3.00. The molecule has 3 nitrogen and oxygen atoms in total. The van der Waals surface area contributed by atoms with Crippen LogP contribution in [0.25, 0.3) is 0 Å². The van der Waals surface area contributed by atoms with Gasteiger partial charge in [-0.1, -0.05) is 30.3 Å². The van der Waals surface area contributed by atoms with Crippen LogP contribution in [0.4, 0.5) is 8.78 Å². The maximum Gasteiger partial charge on any atom is 0.377 e. The van der Waals surface area contributed by atoms with E-state index in [4.69, 9.17) is 10.2 Å². The highest BCUT2D eigenvalue weighted by Gasteiger charge is 2.46. The summed E-state index contributed by atoms with van der Waals surface area (Å²) in [5.74, 6) is -6.39. The molecule has 0 aliphatic rings. The molecule has 0 radical (unpaired) electrons. The van der Waals surface area contributed by atoms with Gasteiger partial charge < -0.3 is 10.2 Å². The van der Waals surface area contributed by atoms with Crippen LogP contribution in [-0.2, 0) is 11.2 Å². The van der Waals surface area contributed by atoms with Gasteiger partial charge >= 0.3 is 11.9 Å². The van der Waals surface area contributed by atoms with Gasteiger partial charge in [0, 0.05) is 0 Å². The van der Waals surface area contributed by atoms with Crippen molar-refractivity contribution in [1.29, 1.82) is 0 Å². The number of hydrogen-bond donors (Lipinski definition) is 2. The molecule has 0 fully saturated rings. The average molecular weight is 230 g/mol. The van der Waals surface area contributed by atoms with E-state index < -0.39 is 18.0 Å². The minimum absolute atomic E-state index is 0.213. The number of aliphatic hydroxyl groups is 1. The molecule has 0 aromatic heterocycles. The van der Waals surface area contributed by atoms with Crippen molar-refractivity contribution in [3.63, 3.8) is 0 Å². The Bertz CT molecular complexity index is 352. The van der Waals surface area contributed by atoms with Gasteiger partial charge in [0.05, 0.1) is 0 Å². The van der Waals surface area contributed by atoms with Gasteiger partial charge in [0.25, 0.3) is 0 Å². The minimum atomic E-state index is -4.09. The third-order valence-corrected chi connectivity index (χ3v) is 2.25. The Morgan fingerprint density at radius 1 is 1.31 bits per heavy atom. The normalized spacial score (nSPS) is 13.4. The maximum atomic E-state index is 12.8. The Hall–Kier alpha value is -1.49. The summed E-state index contributed by atoms with van der Waals surface area (Å²) in [4.78, 5) is 10.2. The molecule has 2 N–H and O–H groups in total. The topological polar surface area (TPSA) is 57.5 Å². The lowest BCUT2D eigenvalue weighted by Crippen LogP contribution is -2.41. The first-order valence-electron chi connectivity index (χ1n) is 4.78. The number of rotatable bonds is 5. The van der Waals surface area contributed by atoms with Crippen molar-refractivity contribution in [2.24, 2.45) is 0 Å². The number of hydrogen-bond acceptors (Lipinski definition) is 2. The van der Waals surface area contributed by atoms with Crippen LogP contribution in [0.3, 0.4) is 0 Å². The second-order valence-corrected chi connectivity index (χ2v) is 3.47. The first-order chi connectivity index (χ1) is 7.44. The van der Waals surface area contributed by atoms with Gasteiger partial charge in [-0.3, -0.25) is 0 Å². The second-order valence-electron chi connectivity index (χ2n) is 3.47. The predicted octanol–water partition coefficient (Wildman–Crippen LogP) is 1.70. The molecule has 88 valence electrons. The van der Waals surface area contributed by atoms with E-state index in [1.54, 1.807) is 30.3 Å². The SMILES string of the molecule is O=C(O)C(F)(F)[C@H](O)CCc1ccccc1. The molecule has 0 heterocycles. The highest BCUT2D eigenvalue weighted by atomic mass is 19.3. The molecule has 0 aliphatic heterocycles. The van der Waals surface area contributed by atoms with Gasteiger partial charge in [-0.05, 0) is 18.4 Å². The number of carboxylic acid groups (broad SMARTS) is 1. The van der Waals surface area contributed by atoms with Gasteiger partial charge in [-0.2, -0.15) is 8.78 Å². The first kappa shape index (κ1) is 12.6. The number of benzene rings is 1. The van der Waals surface area contributed by atoms with Crippen LogP contribution in [0.2, 0.25) is 0 Å². The van der Waals surface area contributed by atoms with E-state index in [-0.39, 0.29) is 12.8 Å². The summed E-state index contributed by atoms with van der Waals surface area (Å²) in [5, 5.41) is 17.3. The van der Waals surface area contributed by atoms with Crippen molar-refractivity contribution >= 4 is 5.97 Å². The molecule has 0 amide bonds. The molecule has 0 unspecified atom stereocenters. The average Bonchev–Trinajstić information content (AvgIpc) is 2.27. The third-order valence-electron chi connectivity index (χ3n) is 2.25. The first-order valence-corrected chi connectivity index (χ1v) is 4.78.